The lowest BCUT2D eigenvalue weighted by molar-refractivity contribution is -0.120. The summed E-state index contributed by atoms with van der Waals surface area (Å²) < 4.78 is 41.7. The van der Waals surface area contributed by atoms with Crippen LogP contribution in [0, 0.1) is 23.4 Å². The van der Waals surface area contributed by atoms with Crippen molar-refractivity contribution in [3.8, 4) is 0 Å². The summed E-state index contributed by atoms with van der Waals surface area (Å²) in [6, 6.07) is 1.68. The number of benzene rings is 1. The molecule has 4 rings (SSSR count). The van der Waals surface area contributed by atoms with E-state index in [1.807, 2.05) is 6.92 Å². The largest absolute Gasteiger partial charge is 0.342 e. The van der Waals surface area contributed by atoms with Gasteiger partial charge in [0.15, 0.2) is 23.3 Å². The Balaban J connectivity index is 1.49. The number of amides is 1. The van der Waals surface area contributed by atoms with Crippen LogP contribution in [-0.4, -0.2) is 45.3 Å². The van der Waals surface area contributed by atoms with E-state index in [4.69, 9.17) is 4.98 Å². The van der Waals surface area contributed by atoms with E-state index in [0.29, 0.717) is 36.7 Å². The van der Waals surface area contributed by atoms with Gasteiger partial charge in [-0.05, 0) is 42.0 Å². The molecule has 0 fully saturated rings. The van der Waals surface area contributed by atoms with Crippen LogP contribution in [0.15, 0.2) is 30.7 Å². The quantitative estimate of drug-likeness (QED) is 0.448. The number of hydrogen-bond acceptors (Lipinski definition) is 5. The maximum Gasteiger partial charge on any atom is 0.249 e. The summed E-state index contributed by atoms with van der Waals surface area (Å²) in [5.41, 5.74) is 1.89. The van der Waals surface area contributed by atoms with Gasteiger partial charge in [-0.15, -0.1) is 0 Å². The normalized spacial score (nSPS) is 15.8. The summed E-state index contributed by atoms with van der Waals surface area (Å²) in [6.07, 6.45) is 7.02. The van der Waals surface area contributed by atoms with E-state index in [1.54, 1.807) is 35.2 Å². The van der Waals surface area contributed by atoms with Gasteiger partial charge in [-0.3, -0.25) is 9.48 Å². The Hall–Kier alpha value is -3.43. The Kier molecular flexibility index (Phi) is 7.09. The number of fused-ring (bicyclic) bond motifs is 1. The number of carbonyl (C=O) groups is 1. The molecule has 0 saturated carbocycles. The van der Waals surface area contributed by atoms with Gasteiger partial charge in [-0.2, -0.15) is 5.10 Å². The van der Waals surface area contributed by atoms with Crippen molar-refractivity contribution in [2.75, 3.05) is 23.4 Å². The first kappa shape index (κ1) is 24.7. The second-order valence-corrected chi connectivity index (χ2v) is 9.28. The third kappa shape index (κ3) is 5.16. The molecule has 2 aromatic heterocycles. The van der Waals surface area contributed by atoms with Gasteiger partial charge in [0.2, 0.25) is 5.91 Å². The number of nitrogens with zero attached hydrogens (tertiary/aromatic N) is 6. The molecule has 0 radical (unpaired) electrons. The lowest BCUT2D eigenvalue weighted by Gasteiger charge is -2.41. The minimum Gasteiger partial charge on any atom is -0.342 e. The van der Waals surface area contributed by atoms with Crippen LogP contribution in [0.25, 0.3) is 0 Å². The standard InChI is InChI=1S/C25H29F3N6O/c1-5-20-25(35)32(4)21-11-29-22(31-24(21)34(20)12-15(2)3)7-6-16-10-30-33(13-16)14-17-8-18(26)23(28)19(27)9-17/h8-11,13,15,20H,5-7,12,14H2,1-4H3/t20-/m1/s1. The van der Waals surface area contributed by atoms with E-state index in [-0.39, 0.29) is 24.1 Å². The molecular formula is C25H29F3N6O. The van der Waals surface area contributed by atoms with Crippen LogP contribution in [0.2, 0.25) is 0 Å². The smallest absolute Gasteiger partial charge is 0.249 e. The van der Waals surface area contributed by atoms with Crippen molar-refractivity contribution in [1.29, 1.82) is 0 Å². The van der Waals surface area contributed by atoms with Gasteiger partial charge in [0.25, 0.3) is 0 Å². The van der Waals surface area contributed by atoms with Crippen molar-refractivity contribution in [1.82, 2.24) is 19.7 Å². The van der Waals surface area contributed by atoms with Crippen molar-refractivity contribution in [3.63, 3.8) is 0 Å². The molecule has 0 saturated heterocycles. The zero-order valence-corrected chi connectivity index (χ0v) is 20.3. The van der Waals surface area contributed by atoms with Crippen LogP contribution in [-0.2, 0) is 24.2 Å². The van der Waals surface area contributed by atoms with Crippen molar-refractivity contribution in [2.24, 2.45) is 5.92 Å². The van der Waals surface area contributed by atoms with Crippen LogP contribution in [0.1, 0.15) is 44.1 Å². The average Bonchev–Trinajstić information content (AvgIpc) is 3.26. The van der Waals surface area contributed by atoms with E-state index < -0.39 is 17.5 Å². The molecular weight excluding hydrogens is 457 g/mol. The average molecular weight is 487 g/mol. The van der Waals surface area contributed by atoms with E-state index in [0.717, 1.165) is 30.1 Å². The van der Waals surface area contributed by atoms with Gasteiger partial charge in [0.05, 0.1) is 18.9 Å². The molecule has 35 heavy (non-hydrogen) atoms. The van der Waals surface area contributed by atoms with Crippen LogP contribution in [0.3, 0.4) is 0 Å². The maximum absolute atomic E-state index is 13.5. The first-order valence-corrected chi connectivity index (χ1v) is 11.7. The number of anilines is 2. The molecule has 1 amide bonds. The van der Waals surface area contributed by atoms with E-state index >= 15 is 0 Å². The van der Waals surface area contributed by atoms with E-state index in [2.05, 4.69) is 28.8 Å². The second-order valence-electron chi connectivity index (χ2n) is 9.28. The summed E-state index contributed by atoms with van der Waals surface area (Å²) in [4.78, 5) is 25.9. The number of likely N-dealkylation sites (N-methyl/N-ethyl adjacent to an activating group) is 1. The fourth-order valence-corrected chi connectivity index (χ4v) is 4.36. The topological polar surface area (TPSA) is 67.2 Å². The molecule has 0 bridgehead atoms. The van der Waals surface area contributed by atoms with Crippen LogP contribution < -0.4 is 9.80 Å². The molecule has 0 unspecified atom stereocenters. The number of aromatic nitrogens is 4. The molecule has 3 heterocycles. The van der Waals surface area contributed by atoms with Crippen LogP contribution in [0.5, 0.6) is 0 Å². The summed E-state index contributed by atoms with van der Waals surface area (Å²) in [5, 5.41) is 4.24. The van der Waals surface area contributed by atoms with Gasteiger partial charge in [0, 0.05) is 26.2 Å². The molecule has 1 atom stereocenters. The lowest BCUT2D eigenvalue weighted by Crippen LogP contribution is -2.53. The monoisotopic (exact) mass is 486 g/mol. The molecule has 3 aromatic rings. The summed E-state index contributed by atoms with van der Waals surface area (Å²) in [6.45, 7) is 7.07. The predicted octanol–water partition coefficient (Wildman–Crippen LogP) is 4.14. The lowest BCUT2D eigenvalue weighted by atomic mass is 10.0. The Bertz CT molecular complexity index is 1200. The number of aryl methyl sites for hydroxylation is 2. The highest BCUT2D eigenvalue weighted by molar-refractivity contribution is 6.04. The SMILES string of the molecule is CC[C@@H]1C(=O)N(C)c2cnc(CCc3cnn(Cc4cc(F)c(F)c(F)c4)c3)nc2N1CC(C)C. The third-order valence-electron chi connectivity index (χ3n) is 6.09. The first-order chi connectivity index (χ1) is 16.7. The van der Waals surface area contributed by atoms with Crippen molar-refractivity contribution in [2.45, 2.75) is 52.6 Å². The number of carbonyl (C=O) groups excluding carboxylic acids is 1. The zero-order chi connectivity index (χ0) is 25.3. The van der Waals surface area contributed by atoms with Gasteiger partial charge < -0.3 is 9.80 Å². The Labute approximate surface area is 202 Å². The van der Waals surface area contributed by atoms with Gasteiger partial charge in [0.1, 0.15) is 17.6 Å². The predicted molar refractivity (Wildman–Crippen MR) is 127 cm³/mol. The zero-order valence-electron chi connectivity index (χ0n) is 20.3. The van der Waals surface area contributed by atoms with Gasteiger partial charge >= 0.3 is 0 Å². The minimum absolute atomic E-state index is 0.0466. The summed E-state index contributed by atoms with van der Waals surface area (Å²) in [7, 11) is 1.76. The molecule has 186 valence electrons. The minimum atomic E-state index is -1.48. The van der Waals surface area contributed by atoms with Crippen molar-refractivity contribution >= 4 is 17.4 Å². The van der Waals surface area contributed by atoms with E-state index in [1.165, 1.54) is 0 Å². The highest BCUT2D eigenvalue weighted by Crippen LogP contribution is 2.34. The third-order valence-corrected chi connectivity index (χ3v) is 6.09. The summed E-state index contributed by atoms with van der Waals surface area (Å²) in [5.74, 6) is -2.08. The molecule has 7 nitrogen and oxygen atoms in total. The maximum atomic E-state index is 13.5. The number of rotatable bonds is 8. The van der Waals surface area contributed by atoms with Crippen LogP contribution >= 0.6 is 0 Å². The van der Waals surface area contributed by atoms with Gasteiger partial charge in [-0.25, -0.2) is 23.1 Å². The number of halogens is 3. The van der Waals surface area contributed by atoms with Crippen molar-refractivity contribution < 1.29 is 18.0 Å². The fraction of sp³-hybridized carbons (Fsp3) is 0.440. The molecule has 1 aromatic carbocycles. The highest BCUT2D eigenvalue weighted by atomic mass is 19.2. The molecule has 1 aliphatic rings. The Morgan fingerprint density at radius 3 is 2.43 bits per heavy atom. The van der Waals surface area contributed by atoms with Gasteiger partial charge in [-0.1, -0.05) is 20.8 Å². The van der Waals surface area contributed by atoms with Crippen LogP contribution in [0.4, 0.5) is 24.7 Å². The highest BCUT2D eigenvalue weighted by Gasteiger charge is 2.37. The summed E-state index contributed by atoms with van der Waals surface area (Å²) >= 11 is 0. The molecule has 0 N–H and O–H groups in total. The Morgan fingerprint density at radius 1 is 1.06 bits per heavy atom. The van der Waals surface area contributed by atoms with Crippen molar-refractivity contribution in [3.05, 3.63) is 65.1 Å². The molecule has 10 heteroatoms. The first-order valence-electron chi connectivity index (χ1n) is 11.7. The number of hydrogen-bond donors (Lipinski definition) is 0. The Morgan fingerprint density at radius 2 is 1.77 bits per heavy atom. The van der Waals surface area contributed by atoms with E-state index in [9.17, 15) is 18.0 Å². The molecule has 0 spiro atoms. The molecule has 0 aliphatic carbocycles. The second kappa shape index (κ2) is 10.1. The fourth-order valence-electron chi connectivity index (χ4n) is 4.36. The molecule has 1 aliphatic heterocycles.